The van der Waals surface area contributed by atoms with Crippen molar-refractivity contribution in [3.8, 4) is 5.75 Å². The summed E-state index contributed by atoms with van der Waals surface area (Å²) in [6.07, 6.45) is 0. The molecule has 5 nitrogen and oxygen atoms in total. The molecular weight excluding hydrogens is 220 g/mol. The summed E-state index contributed by atoms with van der Waals surface area (Å²) in [6, 6.07) is 6.11. The first-order valence-corrected chi connectivity index (χ1v) is 5.67. The molecule has 0 bridgehead atoms. The highest BCUT2D eigenvalue weighted by Gasteiger charge is 2.03. The van der Waals surface area contributed by atoms with Gasteiger partial charge in [-0.25, -0.2) is 0 Å². The lowest BCUT2D eigenvalue weighted by atomic mass is 10.2. The van der Waals surface area contributed by atoms with Crippen molar-refractivity contribution in [2.24, 2.45) is 5.92 Å². The molecule has 0 spiro atoms. The molecule has 0 atom stereocenters. The summed E-state index contributed by atoms with van der Waals surface area (Å²) >= 11 is 0. The number of ether oxygens (including phenoxy) is 1. The van der Waals surface area contributed by atoms with Gasteiger partial charge in [0, 0.05) is 18.7 Å². The zero-order valence-corrected chi connectivity index (χ0v) is 10.2. The maximum absolute atomic E-state index is 10.4. The summed E-state index contributed by atoms with van der Waals surface area (Å²) in [7, 11) is 0. The standard InChI is InChI=1S/C12H18N2O3/c1-10(2)9-13-7-8-17-12-5-3-11(4-6-12)14(15)16/h3-6,10,13H,7-9H2,1-2H3. The van der Waals surface area contributed by atoms with Gasteiger partial charge < -0.3 is 10.1 Å². The third-order valence-electron chi connectivity index (χ3n) is 2.15. The van der Waals surface area contributed by atoms with E-state index >= 15 is 0 Å². The fourth-order valence-corrected chi connectivity index (χ4v) is 1.30. The Hall–Kier alpha value is -1.62. The molecule has 0 aromatic heterocycles. The van der Waals surface area contributed by atoms with Gasteiger partial charge in [-0.1, -0.05) is 13.8 Å². The van der Waals surface area contributed by atoms with E-state index in [-0.39, 0.29) is 5.69 Å². The fraction of sp³-hybridized carbons (Fsp3) is 0.500. The number of benzene rings is 1. The quantitative estimate of drug-likeness (QED) is 0.449. The van der Waals surface area contributed by atoms with Gasteiger partial charge in [0.2, 0.25) is 0 Å². The number of nitrogens with one attached hydrogen (secondary N) is 1. The van der Waals surface area contributed by atoms with E-state index in [9.17, 15) is 10.1 Å². The van der Waals surface area contributed by atoms with Gasteiger partial charge in [-0.3, -0.25) is 10.1 Å². The molecular formula is C12H18N2O3. The van der Waals surface area contributed by atoms with Crippen molar-refractivity contribution in [1.29, 1.82) is 0 Å². The number of nitro benzene ring substituents is 1. The van der Waals surface area contributed by atoms with Gasteiger partial charge in [0.25, 0.3) is 5.69 Å². The minimum Gasteiger partial charge on any atom is -0.492 e. The molecule has 0 amide bonds. The molecule has 1 aromatic carbocycles. The lowest BCUT2D eigenvalue weighted by molar-refractivity contribution is -0.384. The van der Waals surface area contributed by atoms with E-state index in [4.69, 9.17) is 4.74 Å². The molecule has 1 aromatic rings. The monoisotopic (exact) mass is 238 g/mol. The lowest BCUT2D eigenvalue weighted by Gasteiger charge is -2.08. The van der Waals surface area contributed by atoms with Crippen LogP contribution in [0.25, 0.3) is 0 Å². The van der Waals surface area contributed by atoms with Crippen molar-refractivity contribution in [1.82, 2.24) is 5.32 Å². The summed E-state index contributed by atoms with van der Waals surface area (Å²) < 4.78 is 5.44. The summed E-state index contributed by atoms with van der Waals surface area (Å²) in [6.45, 7) is 6.58. The van der Waals surface area contributed by atoms with E-state index in [0.29, 0.717) is 18.3 Å². The summed E-state index contributed by atoms with van der Waals surface area (Å²) in [4.78, 5) is 10.0. The van der Waals surface area contributed by atoms with Crippen molar-refractivity contribution in [2.45, 2.75) is 13.8 Å². The van der Waals surface area contributed by atoms with Gasteiger partial charge in [-0.05, 0) is 24.6 Å². The second-order valence-electron chi connectivity index (χ2n) is 4.20. The van der Waals surface area contributed by atoms with Crippen LogP contribution in [0, 0.1) is 16.0 Å². The van der Waals surface area contributed by atoms with Gasteiger partial charge in [0.15, 0.2) is 0 Å². The molecule has 94 valence electrons. The second kappa shape index (κ2) is 6.85. The number of non-ortho nitro benzene ring substituents is 1. The number of rotatable bonds is 7. The number of nitrogens with zero attached hydrogens (tertiary/aromatic N) is 1. The Labute approximate surface area is 101 Å². The Morgan fingerprint density at radius 1 is 1.35 bits per heavy atom. The van der Waals surface area contributed by atoms with Crippen LogP contribution in [0.1, 0.15) is 13.8 Å². The van der Waals surface area contributed by atoms with Crippen molar-refractivity contribution < 1.29 is 9.66 Å². The van der Waals surface area contributed by atoms with E-state index in [1.807, 2.05) is 0 Å². The SMILES string of the molecule is CC(C)CNCCOc1ccc([N+](=O)[O-])cc1. The third kappa shape index (κ3) is 5.31. The van der Waals surface area contributed by atoms with Crippen LogP contribution in [-0.2, 0) is 0 Å². The third-order valence-corrected chi connectivity index (χ3v) is 2.15. The van der Waals surface area contributed by atoms with Crippen LogP contribution in [0.15, 0.2) is 24.3 Å². The molecule has 1 N–H and O–H groups in total. The molecule has 0 aliphatic carbocycles. The Kier molecular flexibility index (Phi) is 5.42. The van der Waals surface area contributed by atoms with Gasteiger partial charge in [-0.15, -0.1) is 0 Å². The molecule has 5 heteroatoms. The minimum atomic E-state index is -0.423. The zero-order valence-electron chi connectivity index (χ0n) is 10.2. The molecule has 0 aliphatic rings. The molecule has 0 unspecified atom stereocenters. The maximum atomic E-state index is 10.4. The van der Waals surface area contributed by atoms with Gasteiger partial charge in [0.1, 0.15) is 12.4 Å². The van der Waals surface area contributed by atoms with Gasteiger partial charge >= 0.3 is 0 Å². The lowest BCUT2D eigenvalue weighted by Crippen LogP contribution is -2.24. The molecule has 1 rings (SSSR count). The molecule has 0 fully saturated rings. The Morgan fingerprint density at radius 2 is 2.00 bits per heavy atom. The minimum absolute atomic E-state index is 0.0790. The smallest absolute Gasteiger partial charge is 0.269 e. The van der Waals surface area contributed by atoms with Crippen LogP contribution in [0.4, 0.5) is 5.69 Å². The number of hydrogen-bond acceptors (Lipinski definition) is 4. The Bertz CT molecular complexity index is 349. The van der Waals surface area contributed by atoms with Crippen LogP contribution in [0.3, 0.4) is 0 Å². The van der Waals surface area contributed by atoms with E-state index in [1.54, 1.807) is 12.1 Å². The second-order valence-corrected chi connectivity index (χ2v) is 4.20. The molecule has 17 heavy (non-hydrogen) atoms. The summed E-state index contributed by atoms with van der Waals surface area (Å²) in [5.74, 6) is 1.27. The summed E-state index contributed by atoms with van der Waals surface area (Å²) in [5.41, 5.74) is 0.0790. The molecule has 0 aliphatic heterocycles. The van der Waals surface area contributed by atoms with Crippen LogP contribution in [0.2, 0.25) is 0 Å². The number of hydrogen-bond donors (Lipinski definition) is 1. The van der Waals surface area contributed by atoms with E-state index < -0.39 is 4.92 Å². The van der Waals surface area contributed by atoms with Crippen molar-refractivity contribution >= 4 is 5.69 Å². The average molecular weight is 238 g/mol. The maximum Gasteiger partial charge on any atom is 0.269 e. The number of nitro groups is 1. The van der Waals surface area contributed by atoms with Crippen LogP contribution >= 0.6 is 0 Å². The largest absolute Gasteiger partial charge is 0.492 e. The van der Waals surface area contributed by atoms with E-state index in [0.717, 1.165) is 13.1 Å². The fourth-order valence-electron chi connectivity index (χ4n) is 1.30. The van der Waals surface area contributed by atoms with E-state index in [1.165, 1.54) is 12.1 Å². The first-order chi connectivity index (χ1) is 8.09. The Balaban J connectivity index is 2.25. The van der Waals surface area contributed by atoms with Crippen LogP contribution in [-0.4, -0.2) is 24.6 Å². The van der Waals surface area contributed by atoms with Crippen molar-refractivity contribution in [2.75, 3.05) is 19.7 Å². The van der Waals surface area contributed by atoms with Gasteiger partial charge in [-0.2, -0.15) is 0 Å². The molecule has 0 radical (unpaired) electrons. The first-order valence-electron chi connectivity index (χ1n) is 5.67. The highest BCUT2D eigenvalue weighted by Crippen LogP contribution is 2.16. The van der Waals surface area contributed by atoms with Crippen molar-refractivity contribution in [3.05, 3.63) is 34.4 Å². The first kappa shape index (κ1) is 13.4. The summed E-state index contributed by atoms with van der Waals surface area (Å²) in [5, 5.41) is 13.7. The molecule has 0 heterocycles. The predicted molar refractivity (Wildman–Crippen MR) is 66.3 cm³/mol. The van der Waals surface area contributed by atoms with Gasteiger partial charge in [0.05, 0.1) is 4.92 Å². The van der Waals surface area contributed by atoms with Crippen LogP contribution < -0.4 is 10.1 Å². The van der Waals surface area contributed by atoms with E-state index in [2.05, 4.69) is 19.2 Å². The highest BCUT2D eigenvalue weighted by atomic mass is 16.6. The molecule has 0 saturated heterocycles. The highest BCUT2D eigenvalue weighted by molar-refractivity contribution is 5.35. The zero-order chi connectivity index (χ0) is 12.7. The van der Waals surface area contributed by atoms with Crippen molar-refractivity contribution in [3.63, 3.8) is 0 Å². The average Bonchev–Trinajstić information content (AvgIpc) is 2.29. The normalized spacial score (nSPS) is 10.5. The van der Waals surface area contributed by atoms with Crippen LogP contribution in [0.5, 0.6) is 5.75 Å². The predicted octanol–water partition coefficient (Wildman–Crippen LogP) is 2.22. The molecule has 0 saturated carbocycles. The Morgan fingerprint density at radius 3 is 2.53 bits per heavy atom. The topological polar surface area (TPSA) is 64.4 Å².